The van der Waals surface area contributed by atoms with E-state index in [1.807, 2.05) is 6.07 Å². The number of carbonyl (C=O) groups excluding carboxylic acids is 2. The second-order valence-corrected chi connectivity index (χ2v) is 5.80. The van der Waals surface area contributed by atoms with E-state index in [1.165, 1.54) is 0 Å². The molecule has 0 aromatic heterocycles. The first-order valence-electron chi connectivity index (χ1n) is 6.88. The number of hydrogen-bond acceptors (Lipinski definition) is 4. The van der Waals surface area contributed by atoms with E-state index in [-0.39, 0.29) is 0 Å². The summed E-state index contributed by atoms with van der Waals surface area (Å²) in [5.41, 5.74) is 6.11. The Bertz CT molecular complexity index is 515. The molecule has 0 atom stereocenters. The number of nitrogens with one attached hydrogen (secondary N) is 1. The molecule has 0 unspecified atom stereocenters. The van der Waals surface area contributed by atoms with Crippen molar-refractivity contribution in [3.63, 3.8) is 0 Å². The zero-order valence-corrected chi connectivity index (χ0v) is 13.3. The standard InChI is InChI=1S/C14H19BrN4O2/c15-11-2-1-3-12(10-11)17-13(20)14(21)19-8-6-18(5-4-16)7-9-19/h1-3,10H,4-9,16H2,(H,17,20). The van der Waals surface area contributed by atoms with Gasteiger partial charge in [-0.15, -0.1) is 0 Å². The van der Waals surface area contributed by atoms with Gasteiger partial charge in [0.1, 0.15) is 0 Å². The van der Waals surface area contributed by atoms with Gasteiger partial charge in [-0.1, -0.05) is 22.0 Å². The summed E-state index contributed by atoms with van der Waals surface area (Å²) in [7, 11) is 0. The van der Waals surface area contributed by atoms with Gasteiger partial charge in [0.15, 0.2) is 0 Å². The Kier molecular flexibility index (Phi) is 5.72. The predicted molar refractivity (Wildman–Crippen MR) is 84.8 cm³/mol. The van der Waals surface area contributed by atoms with Gasteiger partial charge in [-0.25, -0.2) is 0 Å². The van der Waals surface area contributed by atoms with Crippen molar-refractivity contribution >= 4 is 33.4 Å². The predicted octanol–water partition coefficient (Wildman–Crippen LogP) is 0.491. The Morgan fingerprint density at radius 2 is 1.95 bits per heavy atom. The molecule has 1 saturated heterocycles. The van der Waals surface area contributed by atoms with Crippen LogP contribution in [0.3, 0.4) is 0 Å². The van der Waals surface area contributed by atoms with Crippen LogP contribution in [0.2, 0.25) is 0 Å². The van der Waals surface area contributed by atoms with Gasteiger partial charge >= 0.3 is 11.8 Å². The Labute approximate surface area is 132 Å². The maximum atomic E-state index is 12.1. The Morgan fingerprint density at radius 3 is 2.57 bits per heavy atom. The average Bonchev–Trinajstić information content (AvgIpc) is 2.47. The highest BCUT2D eigenvalue weighted by Crippen LogP contribution is 2.15. The Morgan fingerprint density at radius 1 is 1.24 bits per heavy atom. The first kappa shape index (κ1) is 15.9. The van der Waals surface area contributed by atoms with E-state index in [4.69, 9.17) is 5.73 Å². The number of rotatable bonds is 3. The average molecular weight is 355 g/mol. The number of anilines is 1. The number of nitrogens with zero attached hydrogens (tertiary/aromatic N) is 2. The third kappa shape index (κ3) is 4.52. The summed E-state index contributed by atoms with van der Waals surface area (Å²) < 4.78 is 0.850. The minimum absolute atomic E-state index is 0.484. The SMILES string of the molecule is NCCN1CCN(C(=O)C(=O)Nc2cccc(Br)c2)CC1. The third-order valence-electron chi connectivity index (χ3n) is 3.38. The molecule has 0 radical (unpaired) electrons. The van der Waals surface area contributed by atoms with Gasteiger partial charge in [0.2, 0.25) is 0 Å². The number of carbonyl (C=O) groups is 2. The van der Waals surface area contributed by atoms with Crippen LogP contribution < -0.4 is 11.1 Å². The van der Waals surface area contributed by atoms with Crippen molar-refractivity contribution in [1.29, 1.82) is 0 Å². The summed E-state index contributed by atoms with van der Waals surface area (Å²) in [5, 5.41) is 2.62. The van der Waals surface area contributed by atoms with E-state index in [9.17, 15) is 9.59 Å². The molecular weight excluding hydrogens is 336 g/mol. The second-order valence-electron chi connectivity index (χ2n) is 4.89. The van der Waals surface area contributed by atoms with Crippen LogP contribution in [0, 0.1) is 0 Å². The number of halogens is 1. The largest absolute Gasteiger partial charge is 0.332 e. The minimum Gasteiger partial charge on any atom is -0.332 e. The number of piperazine rings is 1. The number of nitrogens with two attached hydrogens (primary N) is 1. The molecule has 1 aliphatic rings. The van der Waals surface area contributed by atoms with Crippen LogP contribution in [0.5, 0.6) is 0 Å². The van der Waals surface area contributed by atoms with Crippen LogP contribution in [0.15, 0.2) is 28.7 Å². The fraction of sp³-hybridized carbons (Fsp3) is 0.429. The molecule has 0 bridgehead atoms. The van der Waals surface area contributed by atoms with Gasteiger partial charge in [0, 0.05) is 49.4 Å². The lowest BCUT2D eigenvalue weighted by atomic mass is 10.3. The van der Waals surface area contributed by atoms with E-state index in [2.05, 4.69) is 26.1 Å². The molecule has 1 aromatic carbocycles. The van der Waals surface area contributed by atoms with Crippen molar-refractivity contribution < 1.29 is 9.59 Å². The van der Waals surface area contributed by atoms with Crippen LogP contribution >= 0.6 is 15.9 Å². The smallest absolute Gasteiger partial charge is 0.313 e. The van der Waals surface area contributed by atoms with Gasteiger partial charge in [-0.2, -0.15) is 0 Å². The molecule has 2 amide bonds. The first-order chi connectivity index (χ1) is 10.1. The fourth-order valence-corrected chi connectivity index (χ4v) is 2.65. The first-order valence-corrected chi connectivity index (χ1v) is 7.67. The normalized spacial score (nSPS) is 15.8. The fourth-order valence-electron chi connectivity index (χ4n) is 2.25. The molecule has 21 heavy (non-hydrogen) atoms. The summed E-state index contributed by atoms with van der Waals surface area (Å²) in [6.45, 7) is 4.07. The number of benzene rings is 1. The van der Waals surface area contributed by atoms with Crippen molar-refractivity contribution in [3.05, 3.63) is 28.7 Å². The summed E-state index contributed by atoms with van der Waals surface area (Å²) in [5.74, 6) is -1.08. The van der Waals surface area contributed by atoms with E-state index in [0.717, 1.165) is 24.1 Å². The number of amides is 2. The summed E-state index contributed by atoms with van der Waals surface area (Å²) in [6.07, 6.45) is 0. The van der Waals surface area contributed by atoms with Gasteiger partial charge in [0.05, 0.1) is 0 Å². The Balaban J connectivity index is 1.87. The molecule has 1 aliphatic heterocycles. The summed E-state index contributed by atoms with van der Waals surface area (Å²) >= 11 is 3.32. The molecule has 3 N–H and O–H groups in total. The topological polar surface area (TPSA) is 78.7 Å². The van der Waals surface area contributed by atoms with Gasteiger partial charge in [-0.3, -0.25) is 14.5 Å². The van der Waals surface area contributed by atoms with Crippen molar-refractivity contribution in [2.45, 2.75) is 0 Å². The molecule has 1 fully saturated rings. The van der Waals surface area contributed by atoms with Crippen molar-refractivity contribution in [2.75, 3.05) is 44.6 Å². The van der Waals surface area contributed by atoms with Crippen molar-refractivity contribution in [1.82, 2.24) is 9.80 Å². The zero-order chi connectivity index (χ0) is 15.2. The van der Waals surface area contributed by atoms with E-state index < -0.39 is 11.8 Å². The molecule has 114 valence electrons. The second kappa shape index (κ2) is 7.53. The summed E-state index contributed by atoms with van der Waals surface area (Å²) in [4.78, 5) is 27.9. The molecule has 6 nitrogen and oxygen atoms in total. The quantitative estimate of drug-likeness (QED) is 0.774. The van der Waals surface area contributed by atoms with Crippen LogP contribution in [0.4, 0.5) is 5.69 Å². The molecule has 0 spiro atoms. The maximum Gasteiger partial charge on any atom is 0.313 e. The lowest BCUT2D eigenvalue weighted by Gasteiger charge is -2.34. The molecule has 0 aliphatic carbocycles. The monoisotopic (exact) mass is 354 g/mol. The molecule has 1 heterocycles. The van der Waals surface area contributed by atoms with E-state index >= 15 is 0 Å². The van der Waals surface area contributed by atoms with Crippen LogP contribution in [-0.2, 0) is 9.59 Å². The van der Waals surface area contributed by atoms with Gasteiger partial charge in [-0.05, 0) is 18.2 Å². The Hall–Kier alpha value is -1.44. The third-order valence-corrected chi connectivity index (χ3v) is 3.87. The minimum atomic E-state index is -0.597. The highest BCUT2D eigenvalue weighted by molar-refractivity contribution is 9.10. The summed E-state index contributed by atoms with van der Waals surface area (Å²) in [6, 6.07) is 7.16. The molecular formula is C14H19BrN4O2. The van der Waals surface area contributed by atoms with Crippen LogP contribution in [0.1, 0.15) is 0 Å². The van der Waals surface area contributed by atoms with Crippen molar-refractivity contribution in [3.8, 4) is 0 Å². The highest BCUT2D eigenvalue weighted by atomic mass is 79.9. The molecule has 1 aromatic rings. The number of hydrogen-bond donors (Lipinski definition) is 2. The van der Waals surface area contributed by atoms with Gasteiger partial charge in [0.25, 0.3) is 0 Å². The lowest BCUT2D eigenvalue weighted by molar-refractivity contribution is -0.144. The van der Waals surface area contributed by atoms with Crippen LogP contribution in [0.25, 0.3) is 0 Å². The zero-order valence-electron chi connectivity index (χ0n) is 11.7. The molecule has 0 saturated carbocycles. The van der Waals surface area contributed by atoms with E-state index in [0.29, 0.717) is 25.3 Å². The molecule has 2 rings (SSSR count). The van der Waals surface area contributed by atoms with Gasteiger partial charge < -0.3 is 16.0 Å². The maximum absolute atomic E-state index is 12.1. The lowest BCUT2D eigenvalue weighted by Crippen LogP contribution is -2.52. The van der Waals surface area contributed by atoms with Crippen LogP contribution in [-0.4, -0.2) is 60.9 Å². The molecule has 7 heteroatoms. The highest BCUT2D eigenvalue weighted by Gasteiger charge is 2.25. The van der Waals surface area contributed by atoms with Crippen molar-refractivity contribution in [2.24, 2.45) is 5.73 Å². The van der Waals surface area contributed by atoms with E-state index in [1.54, 1.807) is 23.1 Å².